The molecule has 102 valence electrons. The Labute approximate surface area is 116 Å². The third-order valence-electron chi connectivity index (χ3n) is 3.14. The molecule has 0 aromatic heterocycles. The minimum atomic E-state index is 0.126. The summed E-state index contributed by atoms with van der Waals surface area (Å²) < 4.78 is 0. The fourth-order valence-electron chi connectivity index (χ4n) is 2.10. The van der Waals surface area contributed by atoms with Crippen LogP contribution in [0.25, 0.3) is 0 Å². The molecular weight excluding hydrogens is 240 g/mol. The topological polar surface area (TPSA) is 38.0 Å². The Bertz CT molecular complexity index is 335. The Kier molecular flexibility index (Phi) is 6.76. The van der Waals surface area contributed by atoms with Crippen LogP contribution in [-0.2, 0) is 0 Å². The first-order valence-corrected chi connectivity index (χ1v) is 7.63. The van der Waals surface area contributed by atoms with Gasteiger partial charge in [-0.15, -0.1) is 11.8 Å². The number of nitrogens with one attached hydrogen (secondary N) is 1. The smallest absolute Gasteiger partial charge is 0.0335 e. The molecule has 0 heterocycles. The average molecular weight is 266 g/mol. The quantitative estimate of drug-likeness (QED) is 0.743. The lowest BCUT2D eigenvalue weighted by Crippen LogP contribution is -2.29. The van der Waals surface area contributed by atoms with E-state index in [9.17, 15) is 0 Å². The molecule has 0 amide bonds. The van der Waals surface area contributed by atoms with Gasteiger partial charge in [0.25, 0.3) is 0 Å². The van der Waals surface area contributed by atoms with Gasteiger partial charge in [-0.25, -0.2) is 0 Å². The summed E-state index contributed by atoms with van der Waals surface area (Å²) in [6.07, 6.45) is 1.10. The molecule has 0 saturated heterocycles. The summed E-state index contributed by atoms with van der Waals surface area (Å²) in [7, 11) is 1.98. The Morgan fingerprint density at radius 2 is 1.83 bits per heavy atom. The van der Waals surface area contributed by atoms with Crippen LogP contribution in [0.5, 0.6) is 0 Å². The van der Waals surface area contributed by atoms with Crippen LogP contribution in [0.15, 0.2) is 29.2 Å². The van der Waals surface area contributed by atoms with Crippen LogP contribution in [-0.4, -0.2) is 18.8 Å². The van der Waals surface area contributed by atoms with Gasteiger partial charge in [-0.3, -0.25) is 0 Å². The van der Waals surface area contributed by atoms with E-state index in [1.807, 2.05) is 18.8 Å². The molecule has 18 heavy (non-hydrogen) atoms. The van der Waals surface area contributed by atoms with Crippen LogP contribution < -0.4 is 11.1 Å². The van der Waals surface area contributed by atoms with E-state index in [2.05, 4.69) is 50.4 Å². The van der Waals surface area contributed by atoms with E-state index in [4.69, 9.17) is 5.73 Å². The lowest BCUT2D eigenvalue weighted by Gasteiger charge is -2.23. The highest BCUT2D eigenvalue weighted by Gasteiger charge is 2.16. The van der Waals surface area contributed by atoms with E-state index in [-0.39, 0.29) is 6.04 Å². The van der Waals surface area contributed by atoms with Crippen LogP contribution in [0.3, 0.4) is 0 Å². The maximum absolute atomic E-state index is 6.34. The van der Waals surface area contributed by atoms with E-state index in [0.29, 0.717) is 11.2 Å². The molecule has 3 N–H and O–H groups in total. The fourth-order valence-corrected chi connectivity index (χ4v) is 2.94. The van der Waals surface area contributed by atoms with E-state index < -0.39 is 0 Å². The molecule has 0 aliphatic rings. The molecule has 2 atom stereocenters. The molecule has 2 unspecified atom stereocenters. The van der Waals surface area contributed by atoms with E-state index in [1.165, 1.54) is 10.5 Å². The van der Waals surface area contributed by atoms with E-state index in [1.54, 1.807) is 0 Å². The number of hydrogen-bond donors (Lipinski definition) is 2. The maximum Gasteiger partial charge on any atom is 0.0335 e. The second kappa shape index (κ2) is 7.82. The van der Waals surface area contributed by atoms with Gasteiger partial charge in [0.1, 0.15) is 0 Å². The van der Waals surface area contributed by atoms with Crippen LogP contribution >= 0.6 is 11.8 Å². The van der Waals surface area contributed by atoms with Gasteiger partial charge in [-0.1, -0.05) is 39.3 Å². The Hall–Kier alpha value is -0.510. The summed E-state index contributed by atoms with van der Waals surface area (Å²) in [6.45, 7) is 7.60. The summed E-state index contributed by atoms with van der Waals surface area (Å²) in [4.78, 5) is 1.32. The van der Waals surface area contributed by atoms with Gasteiger partial charge in [-0.05, 0) is 37.2 Å². The molecule has 0 aliphatic carbocycles. The summed E-state index contributed by atoms with van der Waals surface area (Å²) in [5.74, 6) is 0.499. The molecule has 0 bridgehead atoms. The summed E-state index contributed by atoms with van der Waals surface area (Å²) in [6, 6.07) is 8.85. The minimum absolute atomic E-state index is 0.126. The third-order valence-corrected chi connectivity index (χ3v) is 4.15. The zero-order valence-corrected chi connectivity index (χ0v) is 12.8. The molecule has 1 rings (SSSR count). The van der Waals surface area contributed by atoms with E-state index >= 15 is 0 Å². The molecule has 0 aliphatic heterocycles. The average Bonchev–Trinajstić information content (AvgIpc) is 2.35. The van der Waals surface area contributed by atoms with Gasteiger partial charge in [0.2, 0.25) is 0 Å². The predicted octanol–water partition coefficient (Wildman–Crippen LogP) is 3.43. The van der Waals surface area contributed by atoms with Crippen molar-refractivity contribution in [3.8, 4) is 0 Å². The highest BCUT2D eigenvalue weighted by atomic mass is 32.2. The van der Waals surface area contributed by atoms with Crippen molar-refractivity contribution in [3.05, 3.63) is 29.8 Å². The number of thioether (sulfide) groups is 1. The number of nitrogens with two attached hydrogens (primary N) is 1. The molecular formula is C15H26N2S. The van der Waals surface area contributed by atoms with Crippen molar-refractivity contribution in [2.75, 3.05) is 13.6 Å². The van der Waals surface area contributed by atoms with Crippen LogP contribution in [0.2, 0.25) is 0 Å². The van der Waals surface area contributed by atoms with Crippen molar-refractivity contribution >= 4 is 11.8 Å². The highest BCUT2D eigenvalue weighted by molar-refractivity contribution is 7.99. The van der Waals surface area contributed by atoms with Crippen molar-refractivity contribution in [1.29, 1.82) is 0 Å². The van der Waals surface area contributed by atoms with Crippen LogP contribution in [0, 0.1) is 5.92 Å². The summed E-state index contributed by atoms with van der Waals surface area (Å²) >= 11 is 1.89. The molecule has 0 saturated carbocycles. The molecule has 3 heteroatoms. The summed E-state index contributed by atoms with van der Waals surface area (Å²) in [5, 5.41) is 3.85. The zero-order chi connectivity index (χ0) is 13.5. The van der Waals surface area contributed by atoms with Crippen molar-refractivity contribution in [1.82, 2.24) is 5.32 Å². The van der Waals surface area contributed by atoms with Gasteiger partial charge in [0.05, 0.1) is 0 Å². The van der Waals surface area contributed by atoms with Crippen molar-refractivity contribution < 1.29 is 0 Å². The molecule has 1 aromatic rings. The van der Waals surface area contributed by atoms with Gasteiger partial charge < -0.3 is 11.1 Å². The van der Waals surface area contributed by atoms with Gasteiger partial charge in [0, 0.05) is 16.2 Å². The normalized spacial score (nSPS) is 14.8. The van der Waals surface area contributed by atoms with Crippen molar-refractivity contribution in [2.24, 2.45) is 11.7 Å². The second-order valence-corrected chi connectivity index (χ2v) is 6.64. The lowest BCUT2D eigenvalue weighted by molar-refractivity contribution is 0.403. The maximum atomic E-state index is 6.34. The Morgan fingerprint density at radius 1 is 1.22 bits per heavy atom. The Balaban J connectivity index is 2.71. The Morgan fingerprint density at radius 3 is 2.28 bits per heavy atom. The van der Waals surface area contributed by atoms with Gasteiger partial charge >= 0.3 is 0 Å². The molecule has 0 spiro atoms. The van der Waals surface area contributed by atoms with Crippen molar-refractivity contribution in [3.63, 3.8) is 0 Å². The molecule has 1 aromatic carbocycles. The molecule has 0 fully saturated rings. The van der Waals surface area contributed by atoms with Gasteiger partial charge in [0.15, 0.2) is 0 Å². The highest BCUT2D eigenvalue weighted by Crippen LogP contribution is 2.27. The zero-order valence-electron chi connectivity index (χ0n) is 11.9. The number of rotatable bonds is 7. The first kappa shape index (κ1) is 15.5. The van der Waals surface area contributed by atoms with E-state index in [0.717, 1.165) is 13.0 Å². The molecule has 2 nitrogen and oxygen atoms in total. The predicted molar refractivity (Wildman–Crippen MR) is 82.1 cm³/mol. The van der Waals surface area contributed by atoms with Gasteiger partial charge in [-0.2, -0.15) is 0 Å². The standard InChI is InChI=1S/C15H26N2S/c1-5-12(10-17-4)15(16)13-6-8-14(9-7-13)18-11(2)3/h6-9,11-12,15,17H,5,10,16H2,1-4H3. The minimum Gasteiger partial charge on any atom is -0.324 e. The first-order chi connectivity index (χ1) is 8.58. The largest absolute Gasteiger partial charge is 0.324 e. The lowest BCUT2D eigenvalue weighted by atomic mass is 9.91. The first-order valence-electron chi connectivity index (χ1n) is 6.75. The SMILES string of the molecule is CCC(CNC)C(N)c1ccc(SC(C)C)cc1. The van der Waals surface area contributed by atoms with Crippen molar-refractivity contribution in [2.45, 2.75) is 43.4 Å². The van der Waals surface area contributed by atoms with Crippen LogP contribution in [0.1, 0.15) is 38.8 Å². The second-order valence-electron chi connectivity index (χ2n) is 4.99. The monoisotopic (exact) mass is 266 g/mol. The van der Waals surface area contributed by atoms with Crippen LogP contribution in [0.4, 0.5) is 0 Å². The summed E-state index contributed by atoms with van der Waals surface area (Å²) in [5.41, 5.74) is 7.58. The third kappa shape index (κ3) is 4.63. The fraction of sp³-hybridized carbons (Fsp3) is 0.600. The number of hydrogen-bond acceptors (Lipinski definition) is 3. The molecule has 0 radical (unpaired) electrons. The number of benzene rings is 1.